The Kier molecular flexibility index (Phi) is 7.74. The molecule has 0 aliphatic carbocycles. The van der Waals surface area contributed by atoms with Crippen molar-refractivity contribution in [2.24, 2.45) is 5.92 Å². The molecular formula is C20H31N3O4. The lowest BCUT2D eigenvalue weighted by atomic mass is 9.97. The van der Waals surface area contributed by atoms with E-state index >= 15 is 0 Å². The Morgan fingerprint density at radius 1 is 1.19 bits per heavy atom. The number of hydrogen-bond donors (Lipinski definition) is 2. The van der Waals surface area contributed by atoms with Crippen LogP contribution >= 0.6 is 0 Å². The van der Waals surface area contributed by atoms with Crippen LogP contribution in [-0.4, -0.2) is 76.7 Å². The third-order valence-corrected chi connectivity index (χ3v) is 5.35. The highest BCUT2D eigenvalue weighted by atomic mass is 16.5. The molecule has 0 radical (unpaired) electrons. The Morgan fingerprint density at radius 3 is 2.63 bits per heavy atom. The zero-order chi connectivity index (χ0) is 18.9. The highest BCUT2D eigenvalue weighted by Gasteiger charge is 2.31. The number of hydrogen-bond acceptors (Lipinski definition) is 5. The van der Waals surface area contributed by atoms with Gasteiger partial charge in [-0.2, -0.15) is 0 Å². The van der Waals surface area contributed by atoms with Crippen LogP contribution in [0.4, 0.5) is 4.79 Å². The second-order valence-electron chi connectivity index (χ2n) is 7.07. The number of carbonyl (C=O) groups excluding carboxylic acids is 1. The summed E-state index contributed by atoms with van der Waals surface area (Å²) in [7, 11) is 1.66. The summed E-state index contributed by atoms with van der Waals surface area (Å²) in [6, 6.07) is 8.11. The lowest BCUT2D eigenvalue weighted by Crippen LogP contribution is -2.53. The predicted molar refractivity (Wildman–Crippen MR) is 103 cm³/mol. The number of amides is 2. The Labute approximate surface area is 161 Å². The maximum atomic E-state index is 12.2. The van der Waals surface area contributed by atoms with Crippen LogP contribution in [0, 0.1) is 5.92 Å². The van der Waals surface area contributed by atoms with E-state index in [2.05, 4.69) is 15.5 Å². The minimum atomic E-state index is -0.110. The molecule has 3 rings (SSSR count). The van der Waals surface area contributed by atoms with Gasteiger partial charge in [0.15, 0.2) is 0 Å². The van der Waals surface area contributed by atoms with Crippen LogP contribution < -0.4 is 15.4 Å². The largest absolute Gasteiger partial charge is 0.497 e. The molecule has 2 N–H and O–H groups in total. The Bertz CT molecular complexity index is 569. The van der Waals surface area contributed by atoms with Crippen molar-refractivity contribution >= 4 is 6.03 Å². The van der Waals surface area contributed by atoms with Gasteiger partial charge >= 0.3 is 6.03 Å². The maximum Gasteiger partial charge on any atom is 0.314 e. The van der Waals surface area contributed by atoms with E-state index in [1.165, 1.54) is 5.56 Å². The number of nitrogens with one attached hydrogen (secondary N) is 2. The second-order valence-corrected chi connectivity index (χ2v) is 7.07. The smallest absolute Gasteiger partial charge is 0.314 e. The van der Waals surface area contributed by atoms with E-state index in [0.29, 0.717) is 25.0 Å². The molecule has 0 spiro atoms. The number of urea groups is 1. The average molecular weight is 377 g/mol. The first-order valence-corrected chi connectivity index (χ1v) is 9.80. The Morgan fingerprint density at radius 2 is 1.96 bits per heavy atom. The van der Waals surface area contributed by atoms with Gasteiger partial charge in [-0.3, -0.25) is 4.90 Å². The van der Waals surface area contributed by atoms with Crippen LogP contribution in [0.15, 0.2) is 24.3 Å². The molecule has 0 saturated carbocycles. The number of nitrogens with zero attached hydrogens (tertiary/aromatic N) is 1. The van der Waals surface area contributed by atoms with Crippen LogP contribution in [0.3, 0.4) is 0 Å². The minimum Gasteiger partial charge on any atom is -0.497 e. The molecule has 2 unspecified atom stereocenters. The Hall–Kier alpha value is -1.83. The number of morpholine rings is 1. The van der Waals surface area contributed by atoms with Gasteiger partial charge in [-0.05, 0) is 30.5 Å². The molecule has 0 aromatic heterocycles. The van der Waals surface area contributed by atoms with Crippen molar-refractivity contribution < 1.29 is 19.0 Å². The fourth-order valence-corrected chi connectivity index (χ4v) is 3.73. The molecule has 2 atom stereocenters. The molecule has 7 heteroatoms. The van der Waals surface area contributed by atoms with Crippen molar-refractivity contribution in [1.82, 2.24) is 15.5 Å². The fraction of sp³-hybridized carbons (Fsp3) is 0.650. The highest BCUT2D eigenvalue weighted by molar-refractivity contribution is 5.73. The van der Waals surface area contributed by atoms with E-state index in [0.717, 1.165) is 58.1 Å². The van der Waals surface area contributed by atoms with Gasteiger partial charge in [-0.25, -0.2) is 4.79 Å². The standard InChI is InChI=1S/C20H31N3O4/c1-25-18-4-2-16(3-5-18)6-8-21-20(24)22-14-19(17-7-11-27-15-17)23-9-12-26-13-10-23/h2-5,17,19H,6-15H2,1H3,(H2,21,22,24). The van der Waals surface area contributed by atoms with Crippen LogP contribution in [0.2, 0.25) is 0 Å². The summed E-state index contributed by atoms with van der Waals surface area (Å²) in [6.07, 6.45) is 1.85. The first-order valence-electron chi connectivity index (χ1n) is 9.80. The van der Waals surface area contributed by atoms with Crippen molar-refractivity contribution in [2.75, 3.05) is 59.7 Å². The molecular weight excluding hydrogens is 346 g/mol. The molecule has 2 heterocycles. The number of ether oxygens (including phenoxy) is 3. The van der Waals surface area contributed by atoms with Crippen LogP contribution in [-0.2, 0) is 15.9 Å². The van der Waals surface area contributed by atoms with Gasteiger partial charge in [0, 0.05) is 44.7 Å². The summed E-state index contributed by atoms with van der Waals surface area (Å²) < 4.78 is 16.2. The molecule has 150 valence electrons. The molecule has 2 aliphatic rings. The van der Waals surface area contributed by atoms with Crippen LogP contribution in [0.5, 0.6) is 5.75 Å². The summed E-state index contributed by atoms with van der Waals surface area (Å²) >= 11 is 0. The molecule has 1 aromatic rings. The third kappa shape index (κ3) is 6.09. The fourth-order valence-electron chi connectivity index (χ4n) is 3.73. The monoisotopic (exact) mass is 377 g/mol. The van der Waals surface area contributed by atoms with E-state index in [4.69, 9.17) is 14.2 Å². The summed E-state index contributed by atoms with van der Waals surface area (Å²) in [5.74, 6) is 1.32. The highest BCUT2D eigenvalue weighted by Crippen LogP contribution is 2.21. The molecule has 27 heavy (non-hydrogen) atoms. The van der Waals surface area contributed by atoms with Gasteiger partial charge in [0.05, 0.1) is 26.9 Å². The summed E-state index contributed by atoms with van der Waals surface area (Å²) in [6.45, 7) is 6.21. The topological polar surface area (TPSA) is 72.1 Å². The number of benzene rings is 1. The van der Waals surface area contributed by atoms with Crippen LogP contribution in [0.1, 0.15) is 12.0 Å². The predicted octanol–water partition coefficient (Wildman–Crippen LogP) is 1.27. The van der Waals surface area contributed by atoms with Crippen molar-refractivity contribution in [2.45, 2.75) is 18.9 Å². The van der Waals surface area contributed by atoms with Gasteiger partial charge in [-0.1, -0.05) is 12.1 Å². The first-order chi connectivity index (χ1) is 13.3. The van der Waals surface area contributed by atoms with E-state index in [9.17, 15) is 4.79 Å². The number of methoxy groups -OCH3 is 1. The Balaban J connectivity index is 1.41. The van der Waals surface area contributed by atoms with E-state index in [1.807, 2.05) is 24.3 Å². The van der Waals surface area contributed by atoms with E-state index in [-0.39, 0.29) is 6.03 Å². The van der Waals surface area contributed by atoms with Gasteiger partial charge in [-0.15, -0.1) is 0 Å². The van der Waals surface area contributed by atoms with Gasteiger partial charge in [0.1, 0.15) is 5.75 Å². The quantitative estimate of drug-likeness (QED) is 0.714. The molecule has 0 bridgehead atoms. The number of carbonyl (C=O) groups is 1. The van der Waals surface area contributed by atoms with E-state index in [1.54, 1.807) is 7.11 Å². The first kappa shape index (κ1) is 19.9. The summed E-state index contributed by atoms with van der Waals surface area (Å²) in [5, 5.41) is 6.01. The molecule has 2 amide bonds. The second kappa shape index (κ2) is 10.5. The average Bonchev–Trinajstić information content (AvgIpc) is 3.24. The number of rotatable bonds is 8. The van der Waals surface area contributed by atoms with E-state index < -0.39 is 0 Å². The SMILES string of the molecule is COc1ccc(CCNC(=O)NCC(C2CCOC2)N2CCOCC2)cc1. The molecule has 7 nitrogen and oxygen atoms in total. The van der Waals surface area contributed by atoms with Crippen molar-refractivity contribution in [3.8, 4) is 5.75 Å². The van der Waals surface area contributed by atoms with Crippen LogP contribution in [0.25, 0.3) is 0 Å². The van der Waals surface area contributed by atoms with Crippen molar-refractivity contribution in [3.05, 3.63) is 29.8 Å². The van der Waals surface area contributed by atoms with Gasteiger partial charge in [0.25, 0.3) is 0 Å². The lowest BCUT2D eigenvalue weighted by molar-refractivity contribution is 0.00213. The molecule has 2 fully saturated rings. The van der Waals surface area contributed by atoms with Gasteiger partial charge < -0.3 is 24.8 Å². The molecule has 2 saturated heterocycles. The summed E-state index contributed by atoms with van der Waals surface area (Å²) in [4.78, 5) is 14.7. The molecule has 2 aliphatic heterocycles. The zero-order valence-corrected chi connectivity index (χ0v) is 16.1. The van der Waals surface area contributed by atoms with Crippen molar-refractivity contribution in [1.29, 1.82) is 0 Å². The summed E-state index contributed by atoms with van der Waals surface area (Å²) in [5.41, 5.74) is 1.17. The lowest BCUT2D eigenvalue weighted by Gasteiger charge is -2.37. The third-order valence-electron chi connectivity index (χ3n) is 5.35. The zero-order valence-electron chi connectivity index (χ0n) is 16.1. The van der Waals surface area contributed by atoms with Gasteiger partial charge in [0.2, 0.25) is 0 Å². The molecule has 1 aromatic carbocycles. The van der Waals surface area contributed by atoms with Crippen molar-refractivity contribution in [3.63, 3.8) is 0 Å². The maximum absolute atomic E-state index is 12.2. The minimum absolute atomic E-state index is 0.110. The normalized spacial score (nSPS) is 21.6.